The summed E-state index contributed by atoms with van der Waals surface area (Å²) in [7, 11) is 1.69. The topological polar surface area (TPSA) is 108 Å². The molecule has 0 atom stereocenters. The Kier molecular flexibility index (Phi) is 3.22. The number of imidazole rings is 1. The molecule has 7 heteroatoms. The monoisotopic (exact) mass is 251 g/mol. The van der Waals surface area contributed by atoms with E-state index in [2.05, 4.69) is 15.1 Å². The summed E-state index contributed by atoms with van der Waals surface area (Å²) in [6.07, 6.45) is 5.51. The Balaban J connectivity index is 2.10. The molecule has 1 aromatic heterocycles. The fourth-order valence-corrected chi connectivity index (χ4v) is 2.25. The Morgan fingerprint density at radius 1 is 1.72 bits per heavy atom. The third-order valence-electron chi connectivity index (χ3n) is 3.50. The number of carbonyl (C=O) groups is 1. The highest BCUT2D eigenvalue weighted by molar-refractivity contribution is 6.07. The molecule has 1 aliphatic rings. The molecule has 18 heavy (non-hydrogen) atoms. The molecule has 0 unspecified atom stereocenters. The van der Waals surface area contributed by atoms with Crippen LogP contribution in [-0.2, 0) is 11.3 Å². The van der Waals surface area contributed by atoms with Crippen molar-refractivity contribution >= 4 is 11.7 Å². The molecule has 1 aromatic rings. The molecule has 0 aromatic carbocycles. The van der Waals surface area contributed by atoms with Crippen LogP contribution in [0.2, 0.25) is 0 Å². The van der Waals surface area contributed by atoms with Crippen LogP contribution in [0.1, 0.15) is 25.1 Å². The van der Waals surface area contributed by atoms with Crippen LogP contribution < -0.4 is 5.73 Å². The van der Waals surface area contributed by atoms with Gasteiger partial charge in [0.05, 0.1) is 6.54 Å². The van der Waals surface area contributed by atoms with Gasteiger partial charge in [-0.2, -0.15) is 0 Å². The summed E-state index contributed by atoms with van der Waals surface area (Å²) < 4.78 is 0. The van der Waals surface area contributed by atoms with Gasteiger partial charge in [0.25, 0.3) is 0 Å². The van der Waals surface area contributed by atoms with E-state index in [-0.39, 0.29) is 11.7 Å². The van der Waals surface area contributed by atoms with E-state index < -0.39 is 5.41 Å². The molecule has 0 saturated heterocycles. The summed E-state index contributed by atoms with van der Waals surface area (Å²) in [5, 5.41) is 11.8. The van der Waals surface area contributed by atoms with Crippen molar-refractivity contribution in [3.8, 4) is 0 Å². The number of hydrogen-bond donors (Lipinski definition) is 3. The minimum Gasteiger partial charge on any atom is -0.409 e. The van der Waals surface area contributed by atoms with E-state index >= 15 is 0 Å². The minimum absolute atomic E-state index is 0.00467. The maximum Gasteiger partial charge on any atom is 0.236 e. The first kappa shape index (κ1) is 12.4. The Hall–Kier alpha value is -2.05. The number of aromatic nitrogens is 2. The van der Waals surface area contributed by atoms with Crippen LogP contribution in [0.5, 0.6) is 0 Å². The molecule has 0 radical (unpaired) electrons. The Morgan fingerprint density at radius 3 is 2.89 bits per heavy atom. The quantitative estimate of drug-likeness (QED) is 0.309. The maximum atomic E-state index is 12.4. The van der Waals surface area contributed by atoms with Gasteiger partial charge in [-0.25, -0.2) is 4.98 Å². The number of oxime groups is 1. The zero-order chi connectivity index (χ0) is 13.2. The zero-order valence-corrected chi connectivity index (χ0v) is 10.3. The van der Waals surface area contributed by atoms with Crippen molar-refractivity contribution in [2.45, 2.75) is 25.8 Å². The highest BCUT2D eigenvalue weighted by Gasteiger charge is 2.49. The lowest BCUT2D eigenvalue weighted by molar-refractivity contribution is -0.141. The fraction of sp³-hybridized carbons (Fsp3) is 0.545. The predicted molar refractivity (Wildman–Crippen MR) is 64.8 cm³/mol. The Bertz CT molecular complexity index is 450. The molecule has 0 bridgehead atoms. The van der Waals surface area contributed by atoms with Gasteiger partial charge >= 0.3 is 0 Å². The molecule has 1 fully saturated rings. The number of amidine groups is 1. The van der Waals surface area contributed by atoms with E-state index in [0.29, 0.717) is 25.2 Å². The number of amides is 1. The number of rotatable bonds is 4. The van der Waals surface area contributed by atoms with Crippen molar-refractivity contribution in [3.05, 3.63) is 18.2 Å². The molecule has 1 amide bonds. The molecule has 1 saturated carbocycles. The van der Waals surface area contributed by atoms with E-state index in [0.717, 1.165) is 6.42 Å². The van der Waals surface area contributed by atoms with E-state index in [1.54, 1.807) is 24.3 Å². The smallest absolute Gasteiger partial charge is 0.236 e. The van der Waals surface area contributed by atoms with Crippen molar-refractivity contribution in [1.82, 2.24) is 14.9 Å². The molecular formula is C11H17N5O2. The van der Waals surface area contributed by atoms with Crippen LogP contribution >= 0.6 is 0 Å². The number of aromatic amines is 1. The predicted octanol–water partition coefficient (Wildman–Crippen LogP) is 0.285. The maximum absolute atomic E-state index is 12.4. The van der Waals surface area contributed by atoms with Crippen LogP contribution in [0.15, 0.2) is 17.5 Å². The van der Waals surface area contributed by atoms with Crippen LogP contribution in [0.3, 0.4) is 0 Å². The van der Waals surface area contributed by atoms with Gasteiger partial charge in [0.15, 0.2) is 5.84 Å². The molecule has 7 nitrogen and oxygen atoms in total. The first-order valence-corrected chi connectivity index (χ1v) is 5.82. The van der Waals surface area contributed by atoms with Gasteiger partial charge in [-0.05, 0) is 12.8 Å². The van der Waals surface area contributed by atoms with Gasteiger partial charge in [0, 0.05) is 19.4 Å². The molecule has 4 N–H and O–H groups in total. The highest BCUT2D eigenvalue weighted by Crippen LogP contribution is 2.42. The summed E-state index contributed by atoms with van der Waals surface area (Å²) in [5.74, 6) is 0.588. The Morgan fingerprint density at radius 2 is 2.44 bits per heavy atom. The van der Waals surface area contributed by atoms with Crippen molar-refractivity contribution in [1.29, 1.82) is 0 Å². The van der Waals surface area contributed by atoms with Crippen LogP contribution in [-0.4, -0.2) is 38.9 Å². The van der Waals surface area contributed by atoms with Gasteiger partial charge in [-0.1, -0.05) is 11.6 Å². The number of nitrogens with zero attached hydrogens (tertiary/aromatic N) is 3. The molecule has 0 spiro atoms. The van der Waals surface area contributed by atoms with Crippen molar-refractivity contribution in [3.63, 3.8) is 0 Å². The van der Waals surface area contributed by atoms with Gasteiger partial charge < -0.3 is 20.8 Å². The SMILES string of the molecule is CN(Cc1ncc[nH]1)C(=O)C1(/C(N)=N/O)CCC1. The van der Waals surface area contributed by atoms with Gasteiger partial charge in [0.2, 0.25) is 5.91 Å². The molecular weight excluding hydrogens is 234 g/mol. The van der Waals surface area contributed by atoms with E-state index in [1.165, 1.54) is 0 Å². The first-order chi connectivity index (χ1) is 8.60. The van der Waals surface area contributed by atoms with Crippen LogP contribution in [0.25, 0.3) is 0 Å². The van der Waals surface area contributed by atoms with Crippen LogP contribution in [0, 0.1) is 5.41 Å². The molecule has 2 rings (SSSR count). The van der Waals surface area contributed by atoms with Gasteiger partial charge in [-0.15, -0.1) is 0 Å². The zero-order valence-electron chi connectivity index (χ0n) is 10.3. The molecule has 1 heterocycles. The summed E-state index contributed by atoms with van der Waals surface area (Å²) in [6.45, 7) is 0.381. The normalized spacial score (nSPS) is 18.2. The average Bonchev–Trinajstić information content (AvgIpc) is 2.79. The molecule has 0 aliphatic heterocycles. The summed E-state index contributed by atoms with van der Waals surface area (Å²) in [5.41, 5.74) is 4.83. The summed E-state index contributed by atoms with van der Waals surface area (Å²) >= 11 is 0. The first-order valence-electron chi connectivity index (χ1n) is 5.82. The van der Waals surface area contributed by atoms with Gasteiger partial charge in [-0.3, -0.25) is 4.79 Å². The Labute approximate surface area is 105 Å². The average molecular weight is 251 g/mol. The number of H-pyrrole nitrogens is 1. The highest BCUT2D eigenvalue weighted by atomic mass is 16.4. The fourth-order valence-electron chi connectivity index (χ4n) is 2.25. The number of carbonyl (C=O) groups excluding carboxylic acids is 1. The number of hydrogen-bond acceptors (Lipinski definition) is 4. The van der Waals surface area contributed by atoms with Crippen molar-refractivity contribution in [2.75, 3.05) is 7.05 Å². The van der Waals surface area contributed by atoms with E-state index in [4.69, 9.17) is 10.9 Å². The lowest BCUT2D eigenvalue weighted by atomic mass is 9.67. The van der Waals surface area contributed by atoms with E-state index in [9.17, 15) is 4.79 Å². The molecule has 98 valence electrons. The second kappa shape index (κ2) is 4.67. The standard InChI is InChI=1S/C11H17N5O2/c1-16(7-8-13-5-6-14-8)10(17)11(3-2-4-11)9(12)15-18/h5-6,18H,2-4,7H2,1H3,(H2,12,15)(H,13,14). The van der Waals surface area contributed by atoms with E-state index in [1.807, 2.05) is 0 Å². The lowest BCUT2D eigenvalue weighted by Crippen LogP contribution is -2.54. The second-order valence-electron chi connectivity index (χ2n) is 4.62. The van der Waals surface area contributed by atoms with Crippen molar-refractivity contribution < 1.29 is 10.0 Å². The number of nitrogens with two attached hydrogens (primary N) is 1. The lowest BCUT2D eigenvalue weighted by Gasteiger charge is -2.41. The van der Waals surface area contributed by atoms with Gasteiger partial charge in [0.1, 0.15) is 11.2 Å². The number of nitrogens with one attached hydrogen (secondary N) is 1. The minimum atomic E-state index is -0.823. The third kappa shape index (κ3) is 1.92. The van der Waals surface area contributed by atoms with Crippen LogP contribution in [0.4, 0.5) is 0 Å². The molecule has 1 aliphatic carbocycles. The summed E-state index contributed by atoms with van der Waals surface area (Å²) in [4.78, 5) is 20.9. The summed E-state index contributed by atoms with van der Waals surface area (Å²) in [6, 6.07) is 0. The second-order valence-corrected chi connectivity index (χ2v) is 4.62. The largest absolute Gasteiger partial charge is 0.409 e. The third-order valence-corrected chi connectivity index (χ3v) is 3.50. The van der Waals surface area contributed by atoms with Crippen molar-refractivity contribution in [2.24, 2.45) is 16.3 Å².